The minimum absolute atomic E-state index is 0.0267. The number of nitriles is 1. The molecule has 16 heavy (non-hydrogen) atoms. The van der Waals surface area contributed by atoms with E-state index >= 15 is 0 Å². The van der Waals surface area contributed by atoms with Crippen molar-refractivity contribution >= 4 is 17.4 Å². The number of aromatic nitrogens is 1. The Morgan fingerprint density at radius 3 is 2.75 bits per heavy atom. The van der Waals surface area contributed by atoms with Gasteiger partial charge < -0.3 is 10.1 Å². The van der Waals surface area contributed by atoms with Crippen LogP contribution in [-0.4, -0.2) is 9.91 Å². The second-order valence-electron chi connectivity index (χ2n) is 2.74. The number of nitro groups is 1. The lowest BCUT2D eigenvalue weighted by molar-refractivity contribution is -0.389. The standard InChI is InChI=1S/C8H4ClF2N3O2/c9-6-4(1-2-12)3-5(7(10)11)13-8(6)14(15)16/h3,7H,1H2. The molecule has 1 aromatic rings. The van der Waals surface area contributed by atoms with E-state index in [1.807, 2.05) is 0 Å². The van der Waals surface area contributed by atoms with Crippen molar-refractivity contribution < 1.29 is 13.7 Å². The van der Waals surface area contributed by atoms with Crippen molar-refractivity contribution in [2.45, 2.75) is 12.8 Å². The van der Waals surface area contributed by atoms with E-state index < -0.39 is 22.9 Å². The molecule has 0 saturated heterocycles. The van der Waals surface area contributed by atoms with Crippen molar-refractivity contribution in [3.63, 3.8) is 0 Å². The lowest BCUT2D eigenvalue weighted by atomic mass is 10.1. The van der Waals surface area contributed by atoms with Crippen LogP contribution in [0.3, 0.4) is 0 Å². The summed E-state index contributed by atoms with van der Waals surface area (Å²) in [6.07, 6.45) is -3.24. The average Bonchev–Trinajstić information content (AvgIpc) is 2.20. The molecule has 0 spiro atoms. The fraction of sp³-hybridized carbons (Fsp3) is 0.250. The number of halogens is 3. The molecule has 0 aliphatic carbocycles. The highest BCUT2D eigenvalue weighted by molar-refractivity contribution is 6.33. The van der Waals surface area contributed by atoms with Gasteiger partial charge in [0.25, 0.3) is 0 Å². The number of nitrogens with zero attached hydrogens (tertiary/aromatic N) is 3. The summed E-state index contributed by atoms with van der Waals surface area (Å²) in [5.74, 6) is -0.857. The summed E-state index contributed by atoms with van der Waals surface area (Å²) in [6.45, 7) is 0. The minimum atomic E-state index is -2.95. The van der Waals surface area contributed by atoms with Crippen molar-refractivity contribution in [2.24, 2.45) is 0 Å². The van der Waals surface area contributed by atoms with Crippen LogP contribution in [0.4, 0.5) is 14.6 Å². The summed E-state index contributed by atoms with van der Waals surface area (Å²) in [7, 11) is 0. The quantitative estimate of drug-likeness (QED) is 0.607. The first kappa shape index (κ1) is 12.3. The lowest BCUT2D eigenvalue weighted by Gasteiger charge is -2.02. The molecule has 0 aromatic carbocycles. The molecule has 0 bridgehead atoms. The molecular weight excluding hydrogens is 244 g/mol. The summed E-state index contributed by atoms with van der Waals surface area (Å²) in [4.78, 5) is 12.6. The highest BCUT2D eigenvalue weighted by Gasteiger charge is 2.25. The fourth-order valence-electron chi connectivity index (χ4n) is 1.04. The summed E-state index contributed by atoms with van der Waals surface area (Å²) < 4.78 is 24.7. The molecule has 0 unspecified atom stereocenters. The van der Waals surface area contributed by atoms with E-state index in [9.17, 15) is 18.9 Å². The first-order chi connectivity index (χ1) is 7.47. The fourth-order valence-corrected chi connectivity index (χ4v) is 1.27. The summed E-state index contributed by atoms with van der Waals surface area (Å²) in [6, 6.07) is 2.57. The molecule has 1 aromatic heterocycles. The molecule has 0 saturated carbocycles. The van der Waals surface area contributed by atoms with Crippen molar-refractivity contribution in [2.75, 3.05) is 0 Å². The van der Waals surface area contributed by atoms with Gasteiger partial charge in [-0.15, -0.1) is 0 Å². The summed E-state index contributed by atoms with van der Waals surface area (Å²) in [5.41, 5.74) is -0.789. The Balaban J connectivity index is 3.40. The third-order valence-electron chi connectivity index (χ3n) is 1.70. The topological polar surface area (TPSA) is 79.8 Å². The predicted octanol–water partition coefficient (Wildman–Crippen LogP) is 2.65. The molecule has 1 heterocycles. The summed E-state index contributed by atoms with van der Waals surface area (Å²) >= 11 is 5.56. The highest BCUT2D eigenvalue weighted by Crippen LogP contribution is 2.30. The molecule has 0 amide bonds. The van der Waals surface area contributed by atoms with E-state index in [4.69, 9.17) is 16.9 Å². The van der Waals surface area contributed by atoms with E-state index in [-0.39, 0.29) is 17.0 Å². The Bertz CT molecular complexity index is 473. The molecule has 0 fully saturated rings. The second kappa shape index (κ2) is 4.81. The van der Waals surface area contributed by atoms with E-state index in [0.717, 1.165) is 6.07 Å². The van der Waals surface area contributed by atoms with Gasteiger partial charge >= 0.3 is 12.2 Å². The maximum absolute atomic E-state index is 12.4. The average molecular weight is 248 g/mol. The van der Waals surface area contributed by atoms with Gasteiger partial charge in [-0.25, -0.2) is 8.78 Å². The normalized spacial score (nSPS) is 10.2. The minimum Gasteiger partial charge on any atom is -0.358 e. The van der Waals surface area contributed by atoms with Crippen molar-refractivity contribution in [3.8, 4) is 6.07 Å². The molecule has 0 aliphatic heterocycles. The van der Waals surface area contributed by atoms with Gasteiger partial charge in [0.2, 0.25) is 5.69 Å². The molecule has 1 rings (SSSR count). The highest BCUT2D eigenvalue weighted by atomic mass is 35.5. The van der Waals surface area contributed by atoms with Gasteiger partial charge in [-0.1, -0.05) is 11.6 Å². The molecular formula is C8H4ClF2N3O2. The van der Waals surface area contributed by atoms with Crippen LogP contribution in [0.15, 0.2) is 6.07 Å². The van der Waals surface area contributed by atoms with Crippen LogP contribution in [0.1, 0.15) is 17.7 Å². The van der Waals surface area contributed by atoms with Crippen LogP contribution in [0.25, 0.3) is 0 Å². The van der Waals surface area contributed by atoms with E-state index in [0.29, 0.717) is 0 Å². The Morgan fingerprint density at radius 2 is 2.31 bits per heavy atom. The van der Waals surface area contributed by atoms with Gasteiger partial charge in [0.05, 0.1) is 12.5 Å². The summed E-state index contributed by atoms with van der Waals surface area (Å²) in [5, 5.41) is 18.5. The Labute approximate surface area is 93.4 Å². The molecule has 8 heteroatoms. The Hall–Kier alpha value is -1.81. The second-order valence-corrected chi connectivity index (χ2v) is 3.11. The first-order valence-electron chi connectivity index (χ1n) is 3.96. The monoisotopic (exact) mass is 247 g/mol. The smallest absolute Gasteiger partial charge is 0.358 e. The predicted molar refractivity (Wildman–Crippen MR) is 50.2 cm³/mol. The van der Waals surface area contributed by atoms with E-state index in [1.54, 1.807) is 6.07 Å². The lowest BCUT2D eigenvalue weighted by Crippen LogP contribution is -2.01. The zero-order valence-electron chi connectivity index (χ0n) is 7.65. The molecule has 84 valence electrons. The van der Waals surface area contributed by atoms with Crippen LogP contribution in [0, 0.1) is 21.4 Å². The Morgan fingerprint density at radius 1 is 1.69 bits per heavy atom. The largest absolute Gasteiger partial charge is 0.383 e. The molecule has 0 radical (unpaired) electrons. The number of rotatable bonds is 3. The van der Waals surface area contributed by atoms with E-state index in [2.05, 4.69) is 4.98 Å². The van der Waals surface area contributed by atoms with Gasteiger partial charge in [-0.2, -0.15) is 5.26 Å². The van der Waals surface area contributed by atoms with Gasteiger partial charge in [-0.05, 0) is 21.5 Å². The third-order valence-corrected chi connectivity index (χ3v) is 2.11. The first-order valence-corrected chi connectivity index (χ1v) is 4.34. The molecule has 0 aliphatic rings. The maximum Gasteiger partial charge on any atom is 0.383 e. The number of hydrogen-bond donors (Lipinski definition) is 0. The number of pyridine rings is 1. The van der Waals surface area contributed by atoms with Crippen molar-refractivity contribution in [3.05, 3.63) is 32.5 Å². The zero-order valence-corrected chi connectivity index (χ0v) is 8.41. The van der Waals surface area contributed by atoms with Crippen LogP contribution in [-0.2, 0) is 6.42 Å². The maximum atomic E-state index is 12.4. The third kappa shape index (κ3) is 2.41. The van der Waals surface area contributed by atoms with E-state index in [1.165, 1.54) is 0 Å². The van der Waals surface area contributed by atoms with Gasteiger partial charge in [0.1, 0.15) is 5.02 Å². The van der Waals surface area contributed by atoms with Crippen molar-refractivity contribution in [1.29, 1.82) is 5.26 Å². The van der Waals surface area contributed by atoms with Crippen molar-refractivity contribution in [1.82, 2.24) is 4.98 Å². The molecule has 5 nitrogen and oxygen atoms in total. The van der Waals surface area contributed by atoms with Gasteiger partial charge in [0, 0.05) is 0 Å². The zero-order chi connectivity index (χ0) is 12.3. The SMILES string of the molecule is N#CCc1cc(C(F)F)nc([N+](=O)[O-])c1Cl. The van der Waals surface area contributed by atoms with Crippen LogP contribution < -0.4 is 0 Å². The van der Waals surface area contributed by atoms with Crippen LogP contribution in [0.2, 0.25) is 5.02 Å². The van der Waals surface area contributed by atoms with Gasteiger partial charge in [-0.3, -0.25) is 0 Å². The number of hydrogen-bond acceptors (Lipinski definition) is 4. The van der Waals surface area contributed by atoms with Crippen LogP contribution in [0.5, 0.6) is 0 Å². The molecule has 0 N–H and O–H groups in total. The Kier molecular flexibility index (Phi) is 3.68. The molecule has 0 atom stereocenters. The number of alkyl halides is 2. The van der Waals surface area contributed by atoms with Crippen LogP contribution >= 0.6 is 11.6 Å². The van der Waals surface area contributed by atoms with Gasteiger partial charge in [0.15, 0.2) is 0 Å².